The van der Waals surface area contributed by atoms with E-state index in [1.54, 1.807) is 17.4 Å². The largest absolute Gasteiger partial charge is 0.483 e. The smallest absolute Gasteiger partial charge is 0.426 e. The lowest BCUT2D eigenvalue weighted by Crippen LogP contribution is -2.34. The molecule has 29 heavy (non-hydrogen) atoms. The van der Waals surface area contributed by atoms with Crippen molar-refractivity contribution in [2.75, 3.05) is 20.1 Å². The molecular formula is C23H28N2O3S. The normalized spacial score (nSPS) is 18.7. The molecular weight excluding hydrogens is 384 g/mol. The fraction of sp³-hybridized carbons (Fsp3) is 0.435. The number of piperidine rings is 1. The topological polar surface area (TPSA) is 42.0 Å². The van der Waals surface area contributed by atoms with Gasteiger partial charge < -0.3 is 9.47 Å². The summed E-state index contributed by atoms with van der Waals surface area (Å²) in [6.07, 6.45) is 2.61. The van der Waals surface area contributed by atoms with Gasteiger partial charge in [0.25, 0.3) is 0 Å². The molecule has 2 heterocycles. The van der Waals surface area contributed by atoms with Gasteiger partial charge in [-0.15, -0.1) is 0 Å². The molecule has 0 N–H and O–H groups in total. The lowest BCUT2D eigenvalue weighted by Gasteiger charge is -2.32. The summed E-state index contributed by atoms with van der Waals surface area (Å²) in [5.41, 5.74) is 2.22. The van der Waals surface area contributed by atoms with Crippen molar-refractivity contribution in [3.05, 3.63) is 59.7 Å². The van der Waals surface area contributed by atoms with Crippen molar-refractivity contribution in [3.63, 3.8) is 0 Å². The molecule has 4 rings (SSSR count). The van der Waals surface area contributed by atoms with Gasteiger partial charge in [-0.2, -0.15) is 0 Å². The van der Waals surface area contributed by atoms with Crippen LogP contribution in [0.15, 0.2) is 48.5 Å². The molecule has 0 aromatic heterocycles. The molecule has 0 bridgehead atoms. The second-order valence-electron chi connectivity index (χ2n) is 8.34. The van der Waals surface area contributed by atoms with Gasteiger partial charge >= 0.3 is 6.09 Å². The van der Waals surface area contributed by atoms with E-state index in [0.29, 0.717) is 17.4 Å². The zero-order valence-corrected chi connectivity index (χ0v) is 18.1. The molecule has 1 fully saturated rings. The number of hydrogen-bond acceptors (Lipinski definition) is 5. The van der Waals surface area contributed by atoms with Gasteiger partial charge in [-0.3, -0.25) is 0 Å². The number of amides is 1. The van der Waals surface area contributed by atoms with Crippen molar-refractivity contribution in [2.24, 2.45) is 0 Å². The van der Waals surface area contributed by atoms with Crippen molar-refractivity contribution < 1.29 is 14.3 Å². The maximum absolute atomic E-state index is 12.6. The summed E-state index contributed by atoms with van der Waals surface area (Å²) in [6, 6.07) is 16.4. The molecule has 2 aromatic carbocycles. The van der Waals surface area contributed by atoms with Gasteiger partial charge in [-0.25, -0.2) is 13.4 Å². The molecule has 1 saturated heterocycles. The van der Waals surface area contributed by atoms with Gasteiger partial charge in [-0.05, 0) is 44.2 Å². The predicted molar refractivity (Wildman–Crippen MR) is 116 cm³/mol. The first-order valence-corrected chi connectivity index (χ1v) is 10.9. The lowest BCUT2D eigenvalue weighted by molar-refractivity contribution is 0.131. The third kappa shape index (κ3) is 4.70. The SMILES string of the molecule is CN(SN1CCC(c2ccccc2)CC1)C(=O)Oc1cccc2c1OC(C)(C)C2. The van der Waals surface area contributed by atoms with E-state index >= 15 is 0 Å². The Hall–Kier alpha value is -2.18. The quantitative estimate of drug-likeness (QED) is 0.640. The molecule has 0 unspecified atom stereocenters. The Labute approximate surface area is 177 Å². The number of nitrogens with zero attached hydrogens (tertiary/aromatic N) is 2. The van der Waals surface area contributed by atoms with E-state index in [2.05, 4.69) is 34.6 Å². The second kappa shape index (κ2) is 8.28. The van der Waals surface area contributed by atoms with E-state index in [0.717, 1.165) is 37.9 Å². The maximum Gasteiger partial charge on any atom is 0.426 e. The molecule has 2 aromatic rings. The number of rotatable bonds is 4. The van der Waals surface area contributed by atoms with E-state index in [1.807, 2.05) is 26.0 Å². The molecule has 0 aliphatic carbocycles. The summed E-state index contributed by atoms with van der Waals surface area (Å²) in [6.45, 7) is 5.97. The van der Waals surface area contributed by atoms with Crippen LogP contribution in [0.25, 0.3) is 0 Å². The Bertz CT molecular complexity index is 864. The number of fused-ring (bicyclic) bond motifs is 1. The van der Waals surface area contributed by atoms with Gasteiger partial charge in [0.05, 0.1) is 0 Å². The first-order chi connectivity index (χ1) is 13.9. The van der Waals surface area contributed by atoms with Crippen molar-refractivity contribution in [3.8, 4) is 11.5 Å². The average molecular weight is 413 g/mol. The summed E-state index contributed by atoms with van der Waals surface area (Å²) in [5.74, 6) is 1.78. The Morgan fingerprint density at radius 2 is 1.86 bits per heavy atom. The average Bonchev–Trinajstić information content (AvgIpc) is 3.04. The first kappa shape index (κ1) is 20.1. The highest BCUT2D eigenvalue weighted by atomic mass is 32.2. The zero-order valence-electron chi connectivity index (χ0n) is 17.3. The van der Waals surface area contributed by atoms with Crippen LogP contribution in [0.2, 0.25) is 0 Å². The molecule has 0 radical (unpaired) electrons. The van der Waals surface area contributed by atoms with Crippen LogP contribution in [-0.4, -0.2) is 40.4 Å². The molecule has 154 valence electrons. The summed E-state index contributed by atoms with van der Waals surface area (Å²) in [5, 5.41) is 0. The van der Waals surface area contributed by atoms with Crippen molar-refractivity contribution in [1.82, 2.24) is 8.61 Å². The molecule has 2 aliphatic heterocycles. The summed E-state index contributed by atoms with van der Waals surface area (Å²) in [7, 11) is 1.75. The molecule has 5 nitrogen and oxygen atoms in total. The monoisotopic (exact) mass is 412 g/mol. The number of ether oxygens (including phenoxy) is 2. The number of benzene rings is 2. The molecule has 6 heteroatoms. The third-order valence-electron chi connectivity index (χ3n) is 5.47. The highest BCUT2D eigenvalue weighted by Gasteiger charge is 2.33. The fourth-order valence-corrected chi connectivity index (χ4v) is 4.85. The Morgan fingerprint density at radius 1 is 1.14 bits per heavy atom. The Balaban J connectivity index is 1.31. The summed E-state index contributed by atoms with van der Waals surface area (Å²) < 4.78 is 15.4. The predicted octanol–water partition coefficient (Wildman–Crippen LogP) is 5.27. The van der Waals surface area contributed by atoms with Gasteiger partial charge in [-0.1, -0.05) is 42.5 Å². The van der Waals surface area contributed by atoms with Crippen molar-refractivity contribution in [1.29, 1.82) is 0 Å². The van der Waals surface area contributed by atoms with Crippen LogP contribution < -0.4 is 9.47 Å². The molecule has 0 saturated carbocycles. The van der Waals surface area contributed by atoms with Gasteiger partial charge in [0.15, 0.2) is 11.5 Å². The lowest BCUT2D eigenvalue weighted by atomic mass is 9.90. The zero-order chi connectivity index (χ0) is 20.4. The van der Waals surface area contributed by atoms with Gasteiger partial charge in [0, 0.05) is 44.3 Å². The van der Waals surface area contributed by atoms with Crippen LogP contribution in [-0.2, 0) is 6.42 Å². The van der Waals surface area contributed by atoms with E-state index in [-0.39, 0.29) is 11.7 Å². The fourth-order valence-electron chi connectivity index (χ4n) is 4.03. The van der Waals surface area contributed by atoms with Crippen LogP contribution in [0.5, 0.6) is 11.5 Å². The summed E-state index contributed by atoms with van der Waals surface area (Å²) >= 11 is 1.43. The first-order valence-electron chi connectivity index (χ1n) is 10.2. The highest BCUT2D eigenvalue weighted by Crippen LogP contribution is 2.42. The van der Waals surface area contributed by atoms with Crippen LogP contribution in [0.1, 0.15) is 43.7 Å². The highest BCUT2D eigenvalue weighted by molar-refractivity contribution is 7.95. The van der Waals surface area contributed by atoms with Crippen LogP contribution in [0.4, 0.5) is 4.79 Å². The maximum atomic E-state index is 12.6. The van der Waals surface area contributed by atoms with E-state index in [9.17, 15) is 4.79 Å². The third-order valence-corrected chi connectivity index (χ3v) is 6.46. The van der Waals surface area contributed by atoms with Crippen molar-refractivity contribution in [2.45, 2.75) is 44.6 Å². The number of para-hydroxylation sites is 1. The van der Waals surface area contributed by atoms with Crippen LogP contribution in [0, 0.1) is 0 Å². The minimum Gasteiger partial charge on any atom is -0.483 e. The number of carbonyl (C=O) groups is 1. The van der Waals surface area contributed by atoms with Crippen molar-refractivity contribution >= 4 is 18.2 Å². The Morgan fingerprint density at radius 3 is 2.59 bits per heavy atom. The minimum atomic E-state index is -0.387. The molecule has 2 aliphatic rings. The van der Waals surface area contributed by atoms with E-state index in [1.165, 1.54) is 17.7 Å². The van der Waals surface area contributed by atoms with Crippen LogP contribution >= 0.6 is 12.1 Å². The van der Waals surface area contributed by atoms with Gasteiger partial charge in [0.1, 0.15) is 5.60 Å². The molecule has 1 amide bonds. The summed E-state index contributed by atoms with van der Waals surface area (Å²) in [4.78, 5) is 12.6. The van der Waals surface area contributed by atoms with E-state index in [4.69, 9.17) is 9.47 Å². The standard InChI is InChI=1S/C23H28N2O3S/c1-23(2)16-19-10-7-11-20(21(19)28-23)27-22(26)24(3)29-25-14-12-18(13-15-25)17-8-5-4-6-9-17/h4-11,18H,12-16H2,1-3H3. The van der Waals surface area contributed by atoms with Crippen LogP contribution in [0.3, 0.4) is 0 Å². The second-order valence-corrected chi connectivity index (χ2v) is 9.57. The van der Waals surface area contributed by atoms with Gasteiger partial charge in [0.2, 0.25) is 0 Å². The molecule has 0 spiro atoms. The Kier molecular flexibility index (Phi) is 5.74. The number of carbonyl (C=O) groups excluding carboxylic acids is 1. The number of hydrogen-bond donors (Lipinski definition) is 0. The molecule has 0 atom stereocenters. The van der Waals surface area contributed by atoms with E-state index < -0.39 is 0 Å². The minimum absolute atomic E-state index is 0.269.